The molecule has 1 aliphatic heterocycles. The first-order valence-corrected chi connectivity index (χ1v) is 6.06. The van der Waals surface area contributed by atoms with Crippen molar-refractivity contribution in [3.05, 3.63) is 35.4 Å². The summed E-state index contributed by atoms with van der Waals surface area (Å²) in [5.41, 5.74) is 0.940. The highest BCUT2D eigenvalue weighted by molar-refractivity contribution is 6.21. The van der Waals surface area contributed by atoms with Gasteiger partial charge in [-0.2, -0.15) is 0 Å². The monoisotopic (exact) mass is 205 g/mol. The number of benzene rings is 1. The Labute approximate surface area is 90.9 Å². The smallest absolute Gasteiger partial charge is 0.258 e. The summed E-state index contributed by atoms with van der Waals surface area (Å²) in [7, 11) is 0. The number of carbonyl (C=O) groups excluding carboxylic acids is 2. The van der Waals surface area contributed by atoms with Gasteiger partial charge < -0.3 is 0 Å². The molecule has 0 saturated carbocycles. The summed E-state index contributed by atoms with van der Waals surface area (Å²) in [6.07, 6.45) is 0. The Balaban J connectivity index is 0.000000293. The molecular formula is C10H12AlNO2. The molecule has 0 aliphatic carbocycles. The van der Waals surface area contributed by atoms with E-state index in [1.165, 1.54) is 21.6 Å². The molecular weight excluding hydrogens is 193 g/mol. The third kappa shape index (κ3) is 2.22. The van der Waals surface area contributed by atoms with Gasteiger partial charge in [-0.05, 0) is 12.1 Å². The number of carbonyl (C=O) groups is 2. The van der Waals surface area contributed by atoms with E-state index in [0.717, 1.165) is 0 Å². The van der Waals surface area contributed by atoms with Crippen LogP contribution >= 0.6 is 0 Å². The fraction of sp³-hybridized carbons (Fsp3) is 0.200. The van der Waals surface area contributed by atoms with Gasteiger partial charge in [0.15, 0.2) is 0 Å². The summed E-state index contributed by atoms with van der Waals surface area (Å²) in [6.45, 7) is 2.19. The Hall–Kier alpha value is -1.11. The van der Waals surface area contributed by atoms with Crippen molar-refractivity contribution >= 4 is 28.1 Å². The molecule has 4 heteroatoms. The molecule has 1 N–H and O–H groups in total. The predicted molar refractivity (Wildman–Crippen MR) is 57.3 cm³/mol. The molecule has 14 heavy (non-hydrogen) atoms. The van der Waals surface area contributed by atoms with E-state index in [1.807, 2.05) is 0 Å². The number of hydrogen-bond donors (Lipinski definition) is 1. The molecule has 0 bridgehead atoms. The summed E-state index contributed by atoms with van der Waals surface area (Å²) in [6, 6.07) is 6.74. The predicted octanol–water partition coefficient (Wildman–Crippen LogP) is 0.628. The first kappa shape index (κ1) is 11.0. The molecule has 2 rings (SSSR count). The maximum Gasteiger partial charge on any atom is 0.258 e. The molecule has 0 unspecified atom stereocenters. The molecule has 0 fully saturated rings. The van der Waals surface area contributed by atoms with Gasteiger partial charge in [0.1, 0.15) is 0 Å². The molecule has 0 aromatic heterocycles. The van der Waals surface area contributed by atoms with Crippen LogP contribution in [0.1, 0.15) is 27.6 Å². The van der Waals surface area contributed by atoms with Gasteiger partial charge in [0.2, 0.25) is 16.3 Å². The van der Waals surface area contributed by atoms with Gasteiger partial charge in [-0.3, -0.25) is 14.9 Å². The maximum absolute atomic E-state index is 10.9. The first-order chi connectivity index (χ1) is 6.70. The molecule has 1 heterocycles. The number of amides is 2. The van der Waals surface area contributed by atoms with Gasteiger partial charge in [-0.15, -0.1) is 5.28 Å². The highest BCUT2D eigenvalue weighted by Crippen LogP contribution is 2.13. The number of fused-ring (bicyclic) bond motifs is 1. The minimum absolute atomic E-state index is 0.300. The van der Waals surface area contributed by atoms with Crippen LogP contribution in [0.2, 0.25) is 5.28 Å². The molecule has 0 atom stereocenters. The molecule has 0 spiro atoms. The number of nitrogens with one attached hydrogen (secondary N) is 1. The fourth-order valence-electron chi connectivity index (χ4n) is 1.12. The zero-order valence-corrected chi connectivity index (χ0v) is 10.3. The summed E-state index contributed by atoms with van der Waals surface area (Å²) in [4.78, 5) is 21.9. The lowest BCUT2D eigenvalue weighted by Crippen LogP contribution is -2.19. The van der Waals surface area contributed by atoms with Crippen molar-refractivity contribution in [1.82, 2.24) is 5.32 Å². The van der Waals surface area contributed by atoms with Crippen molar-refractivity contribution in [3.63, 3.8) is 0 Å². The van der Waals surface area contributed by atoms with Gasteiger partial charge >= 0.3 is 0 Å². The molecule has 0 radical (unpaired) electrons. The third-order valence-corrected chi connectivity index (χ3v) is 1.64. The Kier molecular flexibility index (Phi) is 3.87. The van der Waals surface area contributed by atoms with Gasteiger partial charge in [0, 0.05) is 0 Å². The van der Waals surface area contributed by atoms with E-state index >= 15 is 0 Å². The SMILES string of the molecule is C[CH2][AlH2].O=C1NC(=O)c2ccccc21. The van der Waals surface area contributed by atoms with Crippen LogP contribution in [0.15, 0.2) is 24.3 Å². The van der Waals surface area contributed by atoms with E-state index < -0.39 is 0 Å². The lowest BCUT2D eigenvalue weighted by atomic mass is 10.1. The lowest BCUT2D eigenvalue weighted by molar-refractivity contribution is 0.0879. The van der Waals surface area contributed by atoms with Gasteiger partial charge in [0.05, 0.1) is 11.1 Å². The van der Waals surface area contributed by atoms with Crippen LogP contribution in [-0.4, -0.2) is 28.1 Å². The van der Waals surface area contributed by atoms with E-state index in [-0.39, 0.29) is 11.8 Å². The zero-order chi connectivity index (χ0) is 10.6. The summed E-state index contributed by atoms with van der Waals surface area (Å²) < 4.78 is 0. The van der Waals surface area contributed by atoms with Crippen LogP contribution in [0, 0.1) is 0 Å². The average molecular weight is 205 g/mol. The van der Waals surface area contributed by atoms with E-state index in [2.05, 4.69) is 12.2 Å². The summed E-state index contributed by atoms with van der Waals surface area (Å²) in [5.74, 6) is -0.601. The van der Waals surface area contributed by atoms with Gasteiger partial charge in [-0.1, -0.05) is 19.1 Å². The van der Waals surface area contributed by atoms with Crippen molar-refractivity contribution < 1.29 is 9.59 Å². The number of rotatable bonds is 0. The van der Waals surface area contributed by atoms with Gasteiger partial charge in [-0.25, -0.2) is 0 Å². The normalized spacial score (nSPS) is 12.6. The minimum atomic E-state index is -0.300. The fourth-order valence-corrected chi connectivity index (χ4v) is 1.12. The van der Waals surface area contributed by atoms with E-state index in [4.69, 9.17) is 0 Å². The van der Waals surface area contributed by atoms with Crippen molar-refractivity contribution in [2.75, 3.05) is 0 Å². The highest BCUT2D eigenvalue weighted by atomic mass is 27.0. The molecule has 1 aliphatic rings. The van der Waals surface area contributed by atoms with Gasteiger partial charge in [0.25, 0.3) is 11.8 Å². The van der Waals surface area contributed by atoms with Crippen LogP contribution < -0.4 is 5.32 Å². The third-order valence-electron chi connectivity index (χ3n) is 1.64. The topological polar surface area (TPSA) is 46.2 Å². The summed E-state index contributed by atoms with van der Waals surface area (Å²) >= 11 is 1.37. The Morgan fingerprint density at radius 1 is 1.14 bits per heavy atom. The Bertz CT molecular complexity index is 330. The molecule has 3 nitrogen and oxygen atoms in total. The minimum Gasteiger partial charge on any atom is -0.288 e. The van der Waals surface area contributed by atoms with Crippen LogP contribution in [0.4, 0.5) is 0 Å². The van der Waals surface area contributed by atoms with E-state index in [0.29, 0.717) is 11.1 Å². The Morgan fingerprint density at radius 3 is 1.86 bits per heavy atom. The first-order valence-electron chi connectivity index (χ1n) is 4.65. The van der Waals surface area contributed by atoms with Crippen LogP contribution in [0.5, 0.6) is 0 Å². The molecule has 72 valence electrons. The molecule has 1 aromatic carbocycles. The molecule has 0 saturated heterocycles. The second-order valence-electron chi connectivity index (χ2n) is 3.04. The van der Waals surface area contributed by atoms with Crippen molar-refractivity contribution in [2.45, 2.75) is 12.2 Å². The van der Waals surface area contributed by atoms with Crippen molar-refractivity contribution in [1.29, 1.82) is 0 Å². The second kappa shape index (κ2) is 4.94. The molecule has 2 amide bonds. The second-order valence-corrected chi connectivity index (χ2v) is 4.45. The number of hydrogen-bond acceptors (Lipinski definition) is 2. The Morgan fingerprint density at radius 2 is 1.50 bits per heavy atom. The van der Waals surface area contributed by atoms with Crippen LogP contribution in [0.3, 0.4) is 0 Å². The lowest BCUT2D eigenvalue weighted by Gasteiger charge is -1.88. The quantitative estimate of drug-likeness (QED) is 0.498. The highest BCUT2D eigenvalue weighted by Gasteiger charge is 2.25. The summed E-state index contributed by atoms with van der Waals surface area (Å²) in [5, 5.41) is 3.59. The van der Waals surface area contributed by atoms with Crippen LogP contribution in [-0.2, 0) is 0 Å². The van der Waals surface area contributed by atoms with Crippen molar-refractivity contribution in [2.24, 2.45) is 0 Å². The van der Waals surface area contributed by atoms with Crippen LogP contribution in [0.25, 0.3) is 0 Å². The maximum atomic E-state index is 10.9. The largest absolute Gasteiger partial charge is 0.288 e. The average Bonchev–Trinajstić information content (AvgIpc) is 2.45. The molecule has 1 aromatic rings. The number of imide groups is 1. The van der Waals surface area contributed by atoms with E-state index in [1.54, 1.807) is 24.3 Å². The standard InChI is InChI=1S/C8H5NO2.C2H5.Al.2H/c10-7-5-3-1-2-4-6(5)8(11)9-7;1-2;;;/h1-4H,(H,9,10,11);1H2,2H3;;;. The zero-order valence-electron chi connectivity index (χ0n) is 8.33. The van der Waals surface area contributed by atoms with Crippen molar-refractivity contribution in [3.8, 4) is 0 Å². The van der Waals surface area contributed by atoms with E-state index in [9.17, 15) is 9.59 Å².